The van der Waals surface area contributed by atoms with Gasteiger partial charge in [-0.1, -0.05) is 35.9 Å². The number of halogens is 1. The van der Waals surface area contributed by atoms with Crippen LogP contribution < -0.4 is 4.74 Å². The summed E-state index contributed by atoms with van der Waals surface area (Å²) < 4.78 is 10.8. The zero-order chi connectivity index (χ0) is 18.8. The van der Waals surface area contributed by atoms with Crippen LogP contribution in [0.2, 0.25) is 5.02 Å². The maximum atomic E-state index is 12.4. The molecule has 27 heavy (non-hydrogen) atoms. The lowest BCUT2D eigenvalue weighted by Crippen LogP contribution is -2.38. The van der Waals surface area contributed by atoms with Crippen LogP contribution in [0, 0.1) is 0 Å². The zero-order valence-corrected chi connectivity index (χ0v) is 15.4. The number of fused-ring (bicyclic) bond motifs is 2. The highest BCUT2D eigenvalue weighted by Crippen LogP contribution is 2.29. The van der Waals surface area contributed by atoms with Gasteiger partial charge in [0.1, 0.15) is 12.4 Å². The molecule has 2 aromatic carbocycles. The van der Waals surface area contributed by atoms with Crippen molar-refractivity contribution >= 4 is 29.6 Å². The minimum atomic E-state index is -0.550. The highest BCUT2D eigenvalue weighted by molar-refractivity contribution is 6.30. The van der Waals surface area contributed by atoms with Crippen molar-refractivity contribution in [2.45, 2.75) is 13.0 Å². The Morgan fingerprint density at radius 2 is 1.96 bits per heavy atom. The van der Waals surface area contributed by atoms with Crippen molar-refractivity contribution in [3.63, 3.8) is 0 Å². The van der Waals surface area contributed by atoms with Gasteiger partial charge in [-0.2, -0.15) is 0 Å². The summed E-state index contributed by atoms with van der Waals surface area (Å²) in [5, 5.41) is 0.559. The average molecular weight is 384 g/mol. The van der Waals surface area contributed by atoms with E-state index >= 15 is 0 Å². The molecule has 2 heterocycles. The summed E-state index contributed by atoms with van der Waals surface area (Å²) in [5.41, 5.74) is 3.49. The fourth-order valence-corrected chi connectivity index (χ4v) is 3.47. The molecule has 0 aliphatic carbocycles. The van der Waals surface area contributed by atoms with Crippen LogP contribution >= 0.6 is 11.6 Å². The van der Waals surface area contributed by atoms with E-state index in [0.29, 0.717) is 29.4 Å². The van der Waals surface area contributed by atoms with Crippen LogP contribution in [-0.2, 0) is 27.3 Å². The Labute approximate surface area is 162 Å². The van der Waals surface area contributed by atoms with E-state index in [4.69, 9.17) is 21.1 Å². The Balaban J connectivity index is 1.36. The summed E-state index contributed by atoms with van der Waals surface area (Å²) >= 11 is 5.98. The van der Waals surface area contributed by atoms with Crippen LogP contribution in [0.15, 0.2) is 48.0 Å². The molecule has 0 spiro atoms. The van der Waals surface area contributed by atoms with Gasteiger partial charge >= 0.3 is 5.97 Å². The Kier molecular flexibility index (Phi) is 4.86. The van der Waals surface area contributed by atoms with E-state index in [1.165, 1.54) is 5.56 Å². The number of ether oxygens (including phenoxy) is 2. The summed E-state index contributed by atoms with van der Waals surface area (Å²) in [7, 11) is 0. The Bertz CT molecular complexity index is 938. The number of carbonyl (C=O) groups is 2. The Hall–Kier alpha value is -2.79. The van der Waals surface area contributed by atoms with Gasteiger partial charge in [0, 0.05) is 23.7 Å². The molecule has 1 amide bonds. The predicted octanol–water partition coefficient (Wildman–Crippen LogP) is 3.24. The van der Waals surface area contributed by atoms with Crippen LogP contribution in [-0.4, -0.2) is 36.5 Å². The molecule has 138 valence electrons. The largest absolute Gasteiger partial charge is 0.488 e. The van der Waals surface area contributed by atoms with Crippen LogP contribution in [0.25, 0.3) is 6.08 Å². The van der Waals surface area contributed by atoms with E-state index in [-0.39, 0.29) is 19.1 Å². The number of hydrogen-bond acceptors (Lipinski definition) is 4. The molecule has 0 saturated carbocycles. The first-order valence-corrected chi connectivity index (χ1v) is 9.12. The van der Waals surface area contributed by atoms with E-state index in [9.17, 15) is 9.59 Å². The van der Waals surface area contributed by atoms with Gasteiger partial charge in [-0.25, -0.2) is 4.79 Å². The SMILES string of the molecule is O=C(OCC(=O)N1CCc2ccccc2C1)C1=Cc2cc(Cl)ccc2OC1. The third-order valence-corrected chi connectivity index (χ3v) is 4.99. The highest BCUT2D eigenvalue weighted by Gasteiger charge is 2.23. The smallest absolute Gasteiger partial charge is 0.338 e. The number of carbonyl (C=O) groups excluding carboxylic acids is 2. The van der Waals surface area contributed by atoms with E-state index < -0.39 is 5.97 Å². The molecule has 2 aliphatic heterocycles. The normalized spacial score (nSPS) is 15.1. The van der Waals surface area contributed by atoms with Crippen molar-refractivity contribution in [2.75, 3.05) is 19.8 Å². The van der Waals surface area contributed by atoms with E-state index in [1.54, 1.807) is 29.2 Å². The summed E-state index contributed by atoms with van der Waals surface area (Å²) in [6, 6.07) is 13.3. The first kappa shape index (κ1) is 17.6. The van der Waals surface area contributed by atoms with Gasteiger partial charge in [0.05, 0.1) is 5.57 Å². The van der Waals surface area contributed by atoms with Gasteiger partial charge in [-0.05, 0) is 41.8 Å². The highest BCUT2D eigenvalue weighted by atomic mass is 35.5. The molecular weight excluding hydrogens is 366 g/mol. The second-order valence-electron chi connectivity index (χ2n) is 6.55. The van der Waals surface area contributed by atoms with Gasteiger partial charge in [-0.3, -0.25) is 4.79 Å². The number of benzene rings is 2. The van der Waals surface area contributed by atoms with E-state index in [2.05, 4.69) is 6.07 Å². The van der Waals surface area contributed by atoms with Crippen molar-refractivity contribution in [2.24, 2.45) is 0 Å². The molecular formula is C21H18ClNO4. The van der Waals surface area contributed by atoms with Gasteiger partial charge < -0.3 is 14.4 Å². The molecule has 0 fully saturated rings. The Morgan fingerprint density at radius 1 is 1.15 bits per heavy atom. The molecule has 0 atom stereocenters. The molecule has 6 heteroatoms. The molecule has 0 radical (unpaired) electrons. The van der Waals surface area contributed by atoms with E-state index in [1.807, 2.05) is 18.2 Å². The summed E-state index contributed by atoms with van der Waals surface area (Å²) in [6.45, 7) is 1.01. The molecule has 0 bridgehead atoms. The molecule has 4 rings (SSSR count). The van der Waals surface area contributed by atoms with Gasteiger partial charge in [0.25, 0.3) is 5.91 Å². The minimum absolute atomic E-state index is 0.110. The van der Waals surface area contributed by atoms with Gasteiger partial charge in [0.2, 0.25) is 0 Å². The van der Waals surface area contributed by atoms with Gasteiger partial charge in [-0.15, -0.1) is 0 Å². The van der Waals surface area contributed by atoms with Crippen molar-refractivity contribution in [3.8, 4) is 5.75 Å². The van der Waals surface area contributed by atoms with Gasteiger partial charge in [0.15, 0.2) is 6.61 Å². The topological polar surface area (TPSA) is 55.8 Å². The van der Waals surface area contributed by atoms with Crippen LogP contribution in [0.1, 0.15) is 16.7 Å². The fourth-order valence-electron chi connectivity index (χ4n) is 3.29. The number of rotatable bonds is 3. The first-order chi connectivity index (χ1) is 13.1. The maximum Gasteiger partial charge on any atom is 0.338 e. The van der Waals surface area contributed by atoms with Crippen LogP contribution in [0.4, 0.5) is 0 Å². The molecule has 0 saturated heterocycles. The maximum absolute atomic E-state index is 12.4. The zero-order valence-electron chi connectivity index (χ0n) is 14.6. The second kappa shape index (κ2) is 7.45. The molecule has 5 nitrogen and oxygen atoms in total. The molecule has 2 aromatic rings. The molecule has 2 aliphatic rings. The third-order valence-electron chi connectivity index (χ3n) is 4.76. The lowest BCUT2D eigenvalue weighted by Gasteiger charge is -2.28. The average Bonchev–Trinajstić information content (AvgIpc) is 2.70. The van der Waals surface area contributed by atoms with Crippen LogP contribution in [0.5, 0.6) is 5.75 Å². The standard InChI is InChI=1S/C21H18ClNO4/c22-18-5-6-19-16(10-18)9-17(12-26-19)21(25)27-13-20(24)23-8-7-14-3-1-2-4-15(14)11-23/h1-6,9-10H,7-8,11-13H2. The van der Waals surface area contributed by atoms with Crippen molar-refractivity contribution in [1.82, 2.24) is 4.90 Å². The predicted molar refractivity (Wildman–Crippen MR) is 101 cm³/mol. The molecule has 0 N–H and O–H groups in total. The first-order valence-electron chi connectivity index (χ1n) is 8.75. The van der Waals surface area contributed by atoms with Crippen molar-refractivity contribution < 1.29 is 19.1 Å². The number of nitrogens with zero attached hydrogens (tertiary/aromatic N) is 1. The number of amides is 1. The third kappa shape index (κ3) is 3.83. The molecule has 0 unspecified atom stereocenters. The lowest BCUT2D eigenvalue weighted by atomic mass is 10.00. The Morgan fingerprint density at radius 3 is 2.81 bits per heavy atom. The molecule has 0 aromatic heterocycles. The monoisotopic (exact) mass is 383 g/mol. The fraction of sp³-hybridized carbons (Fsp3) is 0.238. The number of hydrogen-bond donors (Lipinski definition) is 0. The summed E-state index contributed by atoms with van der Waals surface area (Å²) in [4.78, 5) is 26.4. The quantitative estimate of drug-likeness (QED) is 0.763. The second-order valence-corrected chi connectivity index (χ2v) is 6.99. The van der Waals surface area contributed by atoms with E-state index in [0.717, 1.165) is 17.5 Å². The van der Waals surface area contributed by atoms with Crippen LogP contribution in [0.3, 0.4) is 0 Å². The minimum Gasteiger partial charge on any atom is -0.488 e. The summed E-state index contributed by atoms with van der Waals surface area (Å²) in [5.74, 6) is -0.0796. The van der Waals surface area contributed by atoms with Crippen molar-refractivity contribution in [3.05, 3.63) is 69.8 Å². The van der Waals surface area contributed by atoms with Crippen molar-refractivity contribution in [1.29, 1.82) is 0 Å². The summed E-state index contributed by atoms with van der Waals surface area (Å²) in [6.07, 6.45) is 2.50. The number of esters is 1. The lowest BCUT2D eigenvalue weighted by molar-refractivity contribution is -0.149.